The first kappa shape index (κ1) is 14.4. The van der Waals surface area contributed by atoms with E-state index in [1.807, 2.05) is 0 Å². The lowest BCUT2D eigenvalue weighted by Crippen LogP contribution is -2.43. The van der Waals surface area contributed by atoms with Gasteiger partial charge in [0.1, 0.15) is 5.82 Å². The molecule has 0 aliphatic heterocycles. The van der Waals surface area contributed by atoms with Gasteiger partial charge in [-0.25, -0.2) is 4.39 Å². The number of carbonyl (C=O) groups is 1. The Bertz CT molecular complexity index is 493. The number of nitrogens with two attached hydrogens (primary N) is 1. The highest BCUT2D eigenvalue weighted by atomic mass is 79.9. The molecule has 0 aliphatic rings. The molecule has 1 aromatic rings. The number of benzene rings is 1. The molecule has 0 aromatic heterocycles. The zero-order valence-electron chi connectivity index (χ0n) is 9.89. The van der Waals surface area contributed by atoms with Crippen molar-refractivity contribution in [2.24, 2.45) is 10.9 Å². The Labute approximate surface area is 112 Å². The number of rotatable bonds is 3. The second-order valence-electron chi connectivity index (χ2n) is 3.74. The Hall–Kier alpha value is -1.63. The highest BCUT2D eigenvalue weighted by Crippen LogP contribution is 2.20. The molecule has 98 valence electrons. The SMILES string of the molecule is CC(C(N)=NO)N(C)C(=O)c1cc(F)ccc1Br. The summed E-state index contributed by atoms with van der Waals surface area (Å²) in [6.45, 7) is 1.60. The summed E-state index contributed by atoms with van der Waals surface area (Å²) in [7, 11) is 1.49. The Morgan fingerprint density at radius 1 is 1.61 bits per heavy atom. The maximum atomic E-state index is 13.1. The number of nitrogens with zero attached hydrogens (tertiary/aromatic N) is 2. The monoisotopic (exact) mass is 317 g/mol. The average Bonchev–Trinajstić information content (AvgIpc) is 2.38. The molecule has 1 rings (SSSR count). The summed E-state index contributed by atoms with van der Waals surface area (Å²) in [5.74, 6) is -1.04. The van der Waals surface area contributed by atoms with Gasteiger partial charge in [0, 0.05) is 11.5 Å². The molecule has 3 N–H and O–H groups in total. The number of oxime groups is 1. The van der Waals surface area contributed by atoms with Crippen molar-refractivity contribution in [3.8, 4) is 0 Å². The predicted molar refractivity (Wildman–Crippen MR) is 69.1 cm³/mol. The number of likely N-dealkylation sites (N-methyl/N-ethyl adjacent to an activating group) is 1. The van der Waals surface area contributed by atoms with Crippen LogP contribution in [0.5, 0.6) is 0 Å². The Balaban J connectivity index is 3.03. The summed E-state index contributed by atoms with van der Waals surface area (Å²) < 4.78 is 13.6. The van der Waals surface area contributed by atoms with Crippen LogP contribution in [-0.4, -0.2) is 34.9 Å². The first-order chi connectivity index (χ1) is 8.38. The summed E-state index contributed by atoms with van der Waals surface area (Å²) in [5, 5.41) is 11.4. The minimum atomic E-state index is -0.599. The molecule has 1 amide bonds. The topological polar surface area (TPSA) is 78.9 Å². The molecule has 0 saturated heterocycles. The molecule has 0 spiro atoms. The normalized spacial score (nSPS) is 13.2. The first-order valence-electron chi connectivity index (χ1n) is 5.08. The van der Waals surface area contributed by atoms with Crippen LogP contribution in [0.4, 0.5) is 4.39 Å². The third-order valence-corrected chi connectivity index (χ3v) is 3.30. The van der Waals surface area contributed by atoms with Gasteiger partial charge in [0.2, 0.25) is 0 Å². The van der Waals surface area contributed by atoms with Crippen LogP contribution in [0.1, 0.15) is 17.3 Å². The van der Waals surface area contributed by atoms with Gasteiger partial charge in [-0.05, 0) is 41.1 Å². The summed E-state index contributed by atoms with van der Waals surface area (Å²) in [6, 6.07) is 3.22. The van der Waals surface area contributed by atoms with Crippen LogP contribution < -0.4 is 5.73 Å². The van der Waals surface area contributed by atoms with E-state index in [1.165, 1.54) is 24.1 Å². The Morgan fingerprint density at radius 2 is 2.22 bits per heavy atom. The van der Waals surface area contributed by atoms with Crippen molar-refractivity contribution < 1.29 is 14.4 Å². The molecule has 1 aromatic carbocycles. The van der Waals surface area contributed by atoms with Gasteiger partial charge in [0.25, 0.3) is 5.91 Å². The van der Waals surface area contributed by atoms with Crippen molar-refractivity contribution in [1.29, 1.82) is 0 Å². The maximum absolute atomic E-state index is 13.1. The van der Waals surface area contributed by atoms with Crippen LogP contribution in [0.2, 0.25) is 0 Å². The predicted octanol–water partition coefficient (Wildman–Crippen LogP) is 1.80. The van der Waals surface area contributed by atoms with Gasteiger partial charge in [-0.3, -0.25) is 4.79 Å². The number of halogens is 2. The van der Waals surface area contributed by atoms with E-state index in [9.17, 15) is 9.18 Å². The molecule has 0 saturated carbocycles. The minimum absolute atomic E-state index is 0.0987. The van der Waals surface area contributed by atoms with Gasteiger partial charge >= 0.3 is 0 Å². The first-order valence-corrected chi connectivity index (χ1v) is 5.87. The van der Waals surface area contributed by atoms with Crippen molar-refractivity contribution >= 4 is 27.7 Å². The zero-order valence-corrected chi connectivity index (χ0v) is 11.5. The number of amidine groups is 1. The van der Waals surface area contributed by atoms with Crippen LogP contribution >= 0.6 is 15.9 Å². The zero-order chi connectivity index (χ0) is 13.9. The Kier molecular flexibility index (Phi) is 4.66. The lowest BCUT2D eigenvalue weighted by atomic mass is 10.1. The van der Waals surface area contributed by atoms with E-state index in [4.69, 9.17) is 10.9 Å². The van der Waals surface area contributed by atoms with E-state index >= 15 is 0 Å². The van der Waals surface area contributed by atoms with Crippen LogP contribution in [0.15, 0.2) is 27.8 Å². The average molecular weight is 318 g/mol. The molecule has 0 heterocycles. The maximum Gasteiger partial charge on any atom is 0.255 e. The standard InChI is InChI=1S/C11H13BrFN3O2/c1-6(10(14)15-18)16(2)11(17)8-5-7(13)3-4-9(8)12/h3-6,18H,1-2H3,(H2,14,15). The van der Waals surface area contributed by atoms with Gasteiger partial charge in [0.05, 0.1) is 11.6 Å². The van der Waals surface area contributed by atoms with E-state index in [1.54, 1.807) is 6.92 Å². The Morgan fingerprint density at radius 3 is 2.78 bits per heavy atom. The van der Waals surface area contributed by atoms with Gasteiger partial charge in [-0.1, -0.05) is 5.16 Å². The fourth-order valence-corrected chi connectivity index (χ4v) is 1.73. The minimum Gasteiger partial charge on any atom is -0.409 e. The van der Waals surface area contributed by atoms with Gasteiger partial charge < -0.3 is 15.8 Å². The van der Waals surface area contributed by atoms with Crippen molar-refractivity contribution in [3.63, 3.8) is 0 Å². The number of amides is 1. The highest BCUT2D eigenvalue weighted by Gasteiger charge is 2.22. The van der Waals surface area contributed by atoms with E-state index in [0.29, 0.717) is 4.47 Å². The van der Waals surface area contributed by atoms with Crippen LogP contribution in [0.3, 0.4) is 0 Å². The second-order valence-corrected chi connectivity index (χ2v) is 4.60. The third-order valence-electron chi connectivity index (χ3n) is 2.60. The van der Waals surface area contributed by atoms with Crippen molar-refractivity contribution in [1.82, 2.24) is 4.90 Å². The smallest absolute Gasteiger partial charge is 0.255 e. The molecule has 1 unspecified atom stereocenters. The van der Waals surface area contributed by atoms with Crippen molar-refractivity contribution in [2.45, 2.75) is 13.0 Å². The molecule has 0 bridgehead atoms. The summed E-state index contributed by atoms with van der Waals surface area (Å²) in [6.07, 6.45) is 0. The van der Waals surface area contributed by atoms with Crippen molar-refractivity contribution in [2.75, 3.05) is 7.05 Å². The second kappa shape index (κ2) is 5.81. The number of hydrogen-bond donors (Lipinski definition) is 2. The lowest BCUT2D eigenvalue weighted by Gasteiger charge is -2.24. The molecule has 0 aliphatic carbocycles. The summed E-state index contributed by atoms with van der Waals surface area (Å²) in [5.41, 5.74) is 5.60. The van der Waals surface area contributed by atoms with Crippen molar-refractivity contribution in [3.05, 3.63) is 34.1 Å². The quantitative estimate of drug-likeness (QED) is 0.386. The molecule has 0 radical (unpaired) electrons. The van der Waals surface area contributed by atoms with Gasteiger partial charge in [-0.2, -0.15) is 0 Å². The molecule has 1 atom stereocenters. The van der Waals surface area contributed by atoms with E-state index in [0.717, 1.165) is 6.07 Å². The van der Waals surface area contributed by atoms with Crippen LogP contribution in [0, 0.1) is 5.82 Å². The fourth-order valence-electron chi connectivity index (χ4n) is 1.31. The van der Waals surface area contributed by atoms with E-state index in [-0.39, 0.29) is 11.4 Å². The largest absolute Gasteiger partial charge is 0.409 e. The third kappa shape index (κ3) is 2.98. The molecule has 7 heteroatoms. The molecular weight excluding hydrogens is 305 g/mol. The number of carbonyl (C=O) groups excluding carboxylic acids is 1. The molecule has 18 heavy (non-hydrogen) atoms. The van der Waals surface area contributed by atoms with Crippen LogP contribution in [-0.2, 0) is 0 Å². The molecule has 0 fully saturated rings. The van der Waals surface area contributed by atoms with Crippen LogP contribution in [0.25, 0.3) is 0 Å². The number of hydrogen-bond acceptors (Lipinski definition) is 3. The summed E-state index contributed by atoms with van der Waals surface area (Å²) in [4.78, 5) is 13.4. The van der Waals surface area contributed by atoms with Gasteiger partial charge in [-0.15, -0.1) is 0 Å². The molecular formula is C11H13BrFN3O2. The fraction of sp³-hybridized carbons (Fsp3) is 0.273. The van der Waals surface area contributed by atoms with E-state index < -0.39 is 17.8 Å². The lowest BCUT2D eigenvalue weighted by molar-refractivity contribution is 0.0775. The van der Waals surface area contributed by atoms with Gasteiger partial charge in [0.15, 0.2) is 5.84 Å². The summed E-state index contributed by atoms with van der Waals surface area (Å²) >= 11 is 3.18. The van der Waals surface area contributed by atoms with E-state index in [2.05, 4.69) is 21.1 Å². The molecule has 5 nitrogen and oxygen atoms in total. The highest BCUT2D eigenvalue weighted by molar-refractivity contribution is 9.10.